The zero-order valence-corrected chi connectivity index (χ0v) is 25.4. The van der Waals surface area contributed by atoms with Crippen molar-refractivity contribution in [3.8, 4) is 33.6 Å². The first-order chi connectivity index (χ1) is 19.7. The molecule has 0 aliphatic carbocycles. The maximum atomic E-state index is 5.24. The first kappa shape index (κ1) is 28.3. The van der Waals surface area contributed by atoms with Crippen molar-refractivity contribution in [3.05, 3.63) is 97.1 Å². The number of aromatic amines is 1. The lowest BCUT2D eigenvalue weighted by Gasteiger charge is -2.28. The van der Waals surface area contributed by atoms with Gasteiger partial charge < -0.3 is 4.98 Å². The number of nitrogens with one attached hydrogen (secondary N) is 1. The van der Waals surface area contributed by atoms with Gasteiger partial charge in [0.1, 0.15) is 5.82 Å². The van der Waals surface area contributed by atoms with Gasteiger partial charge in [-0.2, -0.15) is 0 Å². The second-order valence-corrected chi connectivity index (χ2v) is 15.3. The van der Waals surface area contributed by atoms with Gasteiger partial charge in [-0.25, -0.2) is 4.98 Å². The number of hydrogen-bond acceptors (Lipinski definition) is 1. The molecule has 40 heavy (non-hydrogen) atoms. The molecule has 0 saturated carbocycles. The van der Waals surface area contributed by atoms with Crippen molar-refractivity contribution < 1.29 is 0 Å². The standard InChI is InChI=1S/C37H44N2P/c1-4-7-26-40(27-8-5-2,28-9-6-3)32-22-20-31(21-23-32)37-38-34-25-24-33(29-16-12-10-13-17-29)35(36(34)39-37)30-18-14-11-15-19-30/h10-25H,4-9,26-28H2,1-3H3,(H,38,39)/q+1. The molecule has 0 amide bonds. The number of H-pyrrole nitrogens is 1. The van der Waals surface area contributed by atoms with Crippen LogP contribution in [0.4, 0.5) is 0 Å². The average molecular weight is 548 g/mol. The Bertz CT molecular complexity index is 1460. The maximum absolute atomic E-state index is 5.24. The molecule has 5 rings (SSSR count). The maximum Gasteiger partial charge on any atom is 0.138 e. The van der Waals surface area contributed by atoms with Crippen LogP contribution in [-0.4, -0.2) is 28.5 Å². The Morgan fingerprint density at radius 1 is 0.575 bits per heavy atom. The van der Waals surface area contributed by atoms with Crippen LogP contribution in [0.2, 0.25) is 0 Å². The van der Waals surface area contributed by atoms with Crippen molar-refractivity contribution in [2.45, 2.75) is 59.3 Å². The number of fused-ring (bicyclic) bond motifs is 1. The molecule has 0 unspecified atom stereocenters. The van der Waals surface area contributed by atoms with Crippen LogP contribution >= 0.6 is 7.26 Å². The van der Waals surface area contributed by atoms with Crippen molar-refractivity contribution in [1.82, 2.24) is 9.97 Å². The second-order valence-electron chi connectivity index (χ2n) is 11.1. The van der Waals surface area contributed by atoms with E-state index in [-0.39, 0.29) is 0 Å². The van der Waals surface area contributed by atoms with Crippen LogP contribution in [0.3, 0.4) is 0 Å². The summed E-state index contributed by atoms with van der Waals surface area (Å²) < 4.78 is 0. The molecule has 1 heterocycles. The topological polar surface area (TPSA) is 28.7 Å². The predicted octanol–water partition coefficient (Wildman–Crippen LogP) is 10.6. The highest BCUT2D eigenvalue weighted by molar-refractivity contribution is 7.82. The summed E-state index contributed by atoms with van der Waals surface area (Å²) >= 11 is 0. The number of rotatable bonds is 13. The van der Waals surface area contributed by atoms with Gasteiger partial charge in [0.15, 0.2) is 0 Å². The Balaban J connectivity index is 1.56. The Hall–Kier alpha value is -3.22. The Morgan fingerprint density at radius 2 is 1.12 bits per heavy atom. The van der Waals surface area contributed by atoms with E-state index in [9.17, 15) is 0 Å². The first-order valence-electron chi connectivity index (χ1n) is 15.3. The van der Waals surface area contributed by atoms with Gasteiger partial charge in [0, 0.05) is 18.4 Å². The van der Waals surface area contributed by atoms with Gasteiger partial charge in [-0.15, -0.1) is 0 Å². The molecule has 0 bridgehead atoms. The van der Waals surface area contributed by atoms with Gasteiger partial charge in [-0.3, -0.25) is 0 Å². The highest BCUT2D eigenvalue weighted by Crippen LogP contribution is 2.59. The molecule has 1 N–H and O–H groups in total. The van der Waals surface area contributed by atoms with E-state index < -0.39 is 7.26 Å². The van der Waals surface area contributed by atoms with Crippen LogP contribution in [-0.2, 0) is 0 Å². The summed E-state index contributed by atoms with van der Waals surface area (Å²) in [5.41, 5.74) is 8.08. The van der Waals surface area contributed by atoms with Crippen molar-refractivity contribution in [1.29, 1.82) is 0 Å². The van der Waals surface area contributed by atoms with Crippen LogP contribution in [0.15, 0.2) is 97.1 Å². The van der Waals surface area contributed by atoms with E-state index in [2.05, 4.69) is 123 Å². The number of benzene rings is 4. The minimum Gasteiger partial charge on any atom is -0.338 e. The summed E-state index contributed by atoms with van der Waals surface area (Å²) in [6.07, 6.45) is 12.1. The van der Waals surface area contributed by atoms with E-state index >= 15 is 0 Å². The number of aromatic nitrogens is 2. The minimum absolute atomic E-state index is 0.948. The van der Waals surface area contributed by atoms with Crippen LogP contribution in [0, 0.1) is 0 Å². The van der Waals surface area contributed by atoms with Crippen LogP contribution in [0.1, 0.15) is 59.3 Å². The molecule has 3 heteroatoms. The Labute approximate surface area is 241 Å². The fourth-order valence-electron chi connectivity index (χ4n) is 6.01. The van der Waals surface area contributed by atoms with E-state index in [1.165, 1.54) is 84.8 Å². The largest absolute Gasteiger partial charge is 0.338 e. The quantitative estimate of drug-likeness (QED) is 0.146. The van der Waals surface area contributed by atoms with E-state index in [0.717, 1.165) is 16.9 Å². The zero-order chi connectivity index (χ0) is 27.8. The van der Waals surface area contributed by atoms with Crippen LogP contribution in [0.5, 0.6) is 0 Å². The third kappa shape index (κ3) is 6.08. The molecular formula is C37H44N2P+. The van der Waals surface area contributed by atoms with Gasteiger partial charge in [-0.05, 0) is 66.3 Å². The molecular weight excluding hydrogens is 503 g/mol. The monoisotopic (exact) mass is 547 g/mol. The lowest BCUT2D eigenvalue weighted by Crippen LogP contribution is -2.21. The predicted molar refractivity (Wildman–Crippen MR) is 178 cm³/mol. The first-order valence-corrected chi connectivity index (χ1v) is 17.6. The highest BCUT2D eigenvalue weighted by Gasteiger charge is 2.38. The Morgan fingerprint density at radius 3 is 1.68 bits per heavy atom. The number of imidazole rings is 1. The summed E-state index contributed by atoms with van der Waals surface area (Å²) in [6.45, 7) is 7.02. The molecule has 206 valence electrons. The number of unbranched alkanes of at least 4 members (excludes halogenated alkanes) is 3. The number of nitrogens with zero attached hydrogens (tertiary/aromatic N) is 1. The minimum atomic E-state index is -1.16. The van der Waals surface area contributed by atoms with Gasteiger partial charge in [0.05, 0.1) is 34.8 Å². The van der Waals surface area contributed by atoms with E-state index in [0.29, 0.717) is 0 Å². The average Bonchev–Trinajstić information content (AvgIpc) is 3.46. The molecule has 4 aromatic carbocycles. The number of hydrogen-bond donors (Lipinski definition) is 1. The molecule has 1 aromatic heterocycles. The van der Waals surface area contributed by atoms with Gasteiger partial charge in [0.25, 0.3) is 0 Å². The van der Waals surface area contributed by atoms with Crippen molar-refractivity contribution in [2.24, 2.45) is 0 Å². The zero-order valence-electron chi connectivity index (χ0n) is 24.5. The summed E-state index contributed by atoms with van der Waals surface area (Å²) in [6, 6.07) is 35.3. The van der Waals surface area contributed by atoms with E-state index in [1.54, 1.807) is 5.30 Å². The van der Waals surface area contributed by atoms with Crippen LogP contribution in [0.25, 0.3) is 44.7 Å². The van der Waals surface area contributed by atoms with Crippen molar-refractivity contribution in [2.75, 3.05) is 18.5 Å². The molecule has 0 saturated heterocycles. The molecule has 5 aromatic rings. The summed E-state index contributed by atoms with van der Waals surface area (Å²) in [5.74, 6) is 0.948. The molecule has 0 atom stereocenters. The van der Waals surface area contributed by atoms with Gasteiger partial charge >= 0.3 is 0 Å². The third-order valence-electron chi connectivity index (χ3n) is 8.31. The fourth-order valence-corrected chi connectivity index (χ4v) is 11.0. The molecule has 0 fully saturated rings. The fraction of sp³-hybridized carbons (Fsp3) is 0.324. The lowest BCUT2D eigenvalue weighted by molar-refractivity contribution is 0.841. The normalized spacial score (nSPS) is 11.8. The van der Waals surface area contributed by atoms with Crippen molar-refractivity contribution >= 4 is 23.6 Å². The van der Waals surface area contributed by atoms with Gasteiger partial charge in [-0.1, -0.05) is 107 Å². The summed E-state index contributed by atoms with van der Waals surface area (Å²) in [7, 11) is -1.16. The molecule has 0 spiro atoms. The van der Waals surface area contributed by atoms with Crippen molar-refractivity contribution in [3.63, 3.8) is 0 Å². The molecule has 0 radical (unpaired) electrons. The van der Waals surface area contributed by atoms with Crippen LogP contribution < -0.4 is 5.30 Å². The molecule has 0 aliphatic rings. The van der Waals surface area contributed by atoms with Gasteiger partial charge in [0.2, 0.25) is 0 Å². The Kier molecular flexibility index (Phi) is 9.50. The summed E-state index contributed by atoms with van der Waals surface area (Å²) in [5, 5.41) is 1.62. The second kappa shape index (κ2) is 13.4. The molecule has 0 aliphatic heterocycles. The van der Waals surface area contributed by atoms with E-state index in [4.69, 9.17) is 4.98 Å². The smallest absolute Gasteiger partial charge is 0.138 e. The van der Waals surface area contributed by atoms with E-state index in [1.807, 2.05) is 0 Å². The third-order valence-corrected chi connectivity index (χ3v) is 13.2. The lowest BCUT2D eigenvalue weighted by atomic mass is 9.93. The molecule has 2 nitrogen and oxygen atoms in total. The SMILES string of the molecule is CCCC[P+](CCCC)(CCCC)c1ccc(-c2nc3c(-c4ccccc4)c(-c4ccccc4)ccc3[nH]2)cc1. The highest BCUT2D eigenvalue weighted by atomic mass is 31.2. The summed E-state index contributed by atoms with van der Waals surface area (Å²) in [4.78, 5) is 8.90.